The molecule has 40 heavy (non-hydrogen) atoms. The quantitative estimate of drug-likeness (QED) is 0.0558. The third-order valence-electron chi connectivity index (χ3n) is 5.93. The Morgan fingerprint density at radius 2 is 1.27 bits per heavy atom. The number of guanidine groups is 1. The average molecular weight is 572 g/mol. The van der Waals surface area contributed by atoms with Crippen LogP contribution in [0.25, 0.3) is 0 Å². The summed E-state index contributed by atoms with van der Waals surface area (Å²) >= 11 is 3.98. The Morgan fingerprint density at radius 3 is 1.80 bits per heavy atom. The molecule has 0 radical (unpaired) electrons. The van der Waals surface area contributed by atoms with Crippen LogP contribution in [-0.4, -0.2) is 71.2 Å². The second-order valence-corrected chi connectivity index (χ2v) is 9.50. The number of nitrogens with one attached hydrogen (secondary N) is 3. The number of hydrogen-bond acceptors (Lipinski definition) is 7. The van der Waals surface area contributed by atoms with E-state index in [1.165, 1.54) is 0 Å². The molecule has 4 atom stereocenters. The summed E-state index contributed by atoms with van der Waals surface area (Å²) in [6.45, 7) is 0.216. The Morgan fingerprint density at radius 1 is 0.775 bits per heavy atom. The number of nitrogens with zero attached hydrogens (tertiary/aromatic N) is 1. The van der Waals surface area contributed by atoms with Gasteiger partial charge >= 0.3 is 5.97 Å². The first-order chi connectivity index (χ1) is 19.1. The zero-order chi connectivity index (χ0) is 29.5. The summed E-state index contributed by atoms with van der Waals surface area (Å²) in [7, 11) is 0. The molecule has 216 valence electrons. The first kappa shape index (κ1) is 32.1. The van der Waals surface area contributed by atoms with Crippen molar-refractivity contribution in [3.05, 3.63) is 71.8 Å². The lowest BCUT2D eigenvalue weighted by molar-refractivity contribution is -0.141. The SMILES string of the molecule is NC(N)=NCCCC(NC(=O)C(N)Cc1ccccc1)C(=O)NC(Cc1ccccc1)C(=O)NC(CS)C(=O)O. The lowest BCUT2D eigenvalue weighted by Crippen LogP contribution is -2.58. The minimum Gasteiger partial charge on any atom is -0.480 e. The molecule has 0 fully saturated rings. The molecular weight excluding hydrogens is 534 g/mol. The van der Waals surface area contributed by atoms with E-state index in [-0.39, 0.29) is 37.5 Å². The molecule has 4 unspecified atom stereocenters. The third-order valence-corrected chi connectivity index (χ3v) is 6.29. The zero-order valence-corrected chi connectivity index (χ0v) is 22.9. The van der Waals surface area contributed by atoms with E-state index in [1.54, 1.807) is 30.3 Å². The predicted octanol–water partition coefficient (Wildman–Crippen LogP) is -0.678. The summed E-state index contributed by atoms with van der Waals surface area (Å²) < 4.78 is 0. The van der Waals surface area contributed by atoms with E-state index in [0.29, 0.717) is 6.42 Å². The smallest absolute Gasteiger partial charge is 0.327 e. The highest BCUT2D eigenvalue weighted by Crippen LogP contribution is 2.08. The van der Waals surface area contributed by atoms with Crippen molar-refractivity contribution in [3.8, 4) is 0 Å². The number of amides is 3. The highest BCUT2D eigenvalue weighted by molar-refractivity contribution is 7.80. The Bertz CT molecular complexity index is 1150. The molecule has 0 saturated carbocycles. The summed E-state index contributed by atoms with van der Waals surface area (Å²) in [4.78, 5) is 54.8. The minimum absolute atomic E-state index is 0.0828. The zero-order valence-electron chi connectivity index (χ0n) is 22.0. The third kappa shape index (κ3) is 11.3. The number of carbonyl (C=O) groups is 4. The number of thiol groups is 1. The summed E-state index contributed by atoms with van der Waals surface area (Å²) in [6, 6.07) is 13.7. The van der Waals surface area contributed by atoms with Gasteiger partial charge in [-0.1, -0.05) is 60.7 Å². The Labute approximate surface area is 238 Å². The van der Waals surface area contributed by atoms with Crippen LogP contribution in [0.15, 0.2) is 65.7 Å². The van der Waals surface area contributed by atoms with E-state index in [2.05, 4.69) is 33.6 Å². The molecule has 0 aromatic heterocycles. The predicted molar refractivity (Wildman–Crippen MR) is 155 cm³/mol. The molecule has 2 rings (SSSR count). The normalized spacial score (nSPS) is 13.7. The van der Waals surface area contributed by atoms with Crippen molar-refractivity contribution >= 4 is 42.3 Å². The Kier molecular flexibility index (Phi) is 13.5. The van der Waals surface area contributed by atoms with Gasteiger partial charge < -0.3 is 38.3 Å². The number of carboxylic acid groups (broad SMARTS) is 1. The molecular formula is C27H37N7O5S. The van der Waals surface area contributed by atoms with Gasteiger partial charge in [0.2, 0.25) is 17.7 Å². The molecule has 0 aliphatic carbocycles. The van der Waals surface area contributed by atoms with Gasteiger partial charge in [0.1, 0.15) is 18.1 Å². The maximum atomic E-state index is 13.4. The van der Waals surface area contributed by atoms with Crippen molar-refractivity contribution in [2.24, 2.45) is 22.2 Å². The number of aliphatic imine (C=N–C) groups is 1. The molecule has 0 saturated heterocycles. The summed E-state index contributed by atoms with van der Waals surface area (Å²) in [6.07, 6.45) is 0.842. The minimum atomic E-state index is -1.26. The molecule has 0 aliphatic rings. The van der Waals surface area contributed by atoms with Crippen molar-refractivity contribution < 1.29 is 24.3 Å². The maximum Gasteiger partial charge on any atom is 0.327 e. The molecule has 0 aliphatic heterocycles. The second-order valence-electron chi connectivity index (χ2n) is 9.14. The summed E-state index contributed by atoms with van der Waals surface area (Å²) in [5.41, 5.74) is 18.5. The molecule has 13 heteroatoms. The molecule has 12 nitrogen and oxygen atoms in total. The summed E-state index contributed by atoms with van der Waals surface area (Å²) in [5.74, 6) is -3.40. The van der Waals surface area contributed by atoms with Gasteiger partial charge in [0.25, 0.3) is 0 Å². The fourth-order valence-corrected chi connectivity index (χ4v) is 4.05. The fraction of sp³-hybridized carbons (Fsp3) is 0.370. The van der Waals surface area contributed by atoms with Crippen LogP contribution in [-0.2, 0) is 32.0 Å². The van der Waals surface area contributed by atoms with Crippen LogP contribution >= 0.6 is 12.6 Å². The first-order valence-electron chi connectivity index (χ1n) is 12.7. The van der Waals surface area contributed by atoms with Crippen molar-refractivity contribution in [1.29, 1.82) is 0 Å². The van der Waals surface area contributed by atoms with Gasteiger partial charge in [-0.2, -0.15) is 12.6 Å². The van der Waals surface area contributed by atoms with Crippen LogP contribution in [0.3, 0.4) is 0 Å². The largest absolute Gasteiger partial charge is 0.480 e. The van der Waals surface area contributed by atoms with E-state index in [1.807, 2.05) is 30.3 Å². The lowest BCUT2D eigenvalue weighted by Gasteiger charge is -2.25. The van der Waals surface area contributed by atoms with Gasteiger partial charge in [-0.25, -0.2) is 4.79 Å². The van der Waals surface area contributed by atoms with Crippen LogP contribution in [0.2, 0.25) is 0 Å². The van der Waals surface area contributed by atoms with Crippen LogP contribution < -0.4 is 33.2 Å². The molecule has 3 amide bonds. The van der Waals surface area contributed by atoms with E-state index in [0.717, 1.165) is 11.1 Å². The molecule has 10 N–H and O–H groups in total. The molecule has 0 bridgehead atoms. The highest BCUT2D eigenvalue weighted by Gasteiger charge is 2.30. The van der Waals surface area contributed by atoms with Crippen molar-refractivity contribution in [1.82, 2.24) is 16.0 Å². The van der Waals surface area contributed by atoms with Crippen molar-refractivity contribution in [3.63, 3.8) is 0 Å². The fourth-order valence-electron chi connectivity index (χ4n) is 3.80. The van der Waals surface area contributed by atoms with Crippen LogP contribution in [0.1, 0.15) is 24.0 Å². The number of aliphatic carboxylic acids is 1. The summed E-state index contributed by atoms with van der Waals surface area (Å²) in [5, 5.41) is 17.1. The standard InChI is InChI=1S/C27H37N7O5S/c28-19(14-17-8-3-1-4-9-17)23(35)32-20(12-7-13-31-27(29)30)24(36)33-21(15-18-10-5-2-6-11-18)25(37)34-22(16-40)26(38)39/h1-6,8-11,19-22,40H,7,12-16,28H2,(H,32,35)(H,33,36)(H,34,37)(H,38,39)(H4,29,30,31). The van der Waals surface area contributed by atoms with Crippen molar-refractivity contribution in [2.75, 3.05) is 12.3 Å². The topological polar surface area (TPSA) is 215 Å². The number of nitrogens with two attached hydrogens (primary N) is 3. The monoisotopic (exact) mass is 571 g/mol. The number of hydrogen-bond donors (Lipinski definition) is 8. The van der Waals surface area contributed by atoms with Crippen molar-refractivity contribution in [2.45, 2.75) is 49.9 Å². The number of benzene rings is 2. The second kappa shape index (κ2) is 16.8. The van der Waals surface area contributed by atoms with Gasteiger partial charge in [0.05, 0.1) is 6.04 Å². The number of rotatable bonds is 16. The highest BCUT2D eigenvalue weighted by atomic mass is 32.1. The van der Waals surface area contributed by atoms with E-state index in [4.69, 9.17) is 17.2 Å². The number of carboxylic acids is 1. The van der Waals surface area contributed by atoms with Crippen LogP contribution in [0.4, 0.5) is 0 Å². The van der Waals surface area contributed by atoms with Gasteiger partial charge in [0, 0.05) is 18.7 Å². The van der Waals surface area contributed by atoms with Crippen LogP contribution in [0.5, 0.6) is 0 Å². The Hall–Kier alpha value is -4.10. The Balaban J connectivity index is 2.21. The molecule has 2 aromatic rings. The van der Waals surface area contributed by atoms with E-state index >= 15 is 0 Å². The average Bonchev–Trinajstić information content (AvgIpc) is 2.93. The lowest BCUT2D eigenvalue weighted by atomic mass is 10.0. The van der Waals surface area contributed by atoms with E-state index < -0.39 is 47.9 Å². The molecule has 0 heterocycles. The first-order valence-corrected chi connectivity index (χ1v) is 13.4. The van der Waals surface area contributed by atoms with Gasteiger partial charge in [-0.05, 0) is 30.4 Å². The van der Waals surface area contributed by atoms with Crippen LogP contribution in [0, 0.1) is 0 Å². The number of carbonyl (C=O) groups excluding carboxylic acids is 3. The van der Waals surface area contributed by atoms with Gasteiger partial charge in [-0.15, -0.1) is 0 Å². The maximum absolute atomic E-state index is 13.4. The molecule has 2 aromatic carbocycles. The molecule has 0 spiro atoms. The van der Waals surface area contributed by atoms with Gasteiger partial charge in [0.15, 0.2) is 5.96 Å². The van der Waals surface area contributed by atoms with E-state index in [9.17, 15) is 24.3 Å². The van der Waals surface area contributed by atoms with Gasteiger partial charge in [-0.3, -0.25) is 19.4 Å².